The number of hydrogen-bond donors (Lipinski definition) is 0. The van der Waals surface area contributed by atoms with Crippen LogP contribution >= 0.6 is 34.7 Å². The van der Waals surface area contributed by atoms with E-state index in [2.05, 4.69) is 4.98 Å². The highest BCUT2D eigenvalue weighted by molar-refractivity contribution is 7.98. The van der Waals surface area contributed by atoms with Gasteiger partial charge in [-0.25, -0.2) is 9.78 Å². The number of nitrogens with zero attached hydrogens (tertiary/aromatic N) is 2. The molecule has 0 aromatic carbocycles. The van der Waals surface area contributed by atoms with Crippen LogP contribution in [0.4, 0.5) is 4.79 Å². The van der Waals surface area contributed by atoms with E-state index < -0.39 is 5.60 Å². The summed E-state index contributed by atoms with van der Waals surface area (Å²) in [7, 11) is 0. The van der Waals surface area contributed by atoms with Gasteiger partial charge in [-0.3, -0.25) is 0 Å². The van der Waals surface area contributed by atoms with Crippen molar-refractivity contribution in [3.05, 3.63) is 15.5 Å². The van der Waals surface area contributed by atoms with Gasteiger partial charge in [0.2, 0.25) is 0 Å². The Balaban J connectivity index is 1.85. The fraction of sp³-hybridized carbons (Fsp3) is 0.733. The van der Waals surface area contributed by atoms with E-state index in [1.807, 2.05) is 43.6 Å². The number of piperidine rings is 1. The molecule has 1 aromatic rings. The Morgan fingerprint density at radius 3 is 2.95 bits per heavy atom. The fourth-order valence-electron chi connectivity index (χ4n) is 2.38. The van der Waals surface area contributed by atoms with Crippen LogP contribution in [-0.2, 0) is 10.5 Å². The topological polar surface area (TPSA) is 42.4 Å². The van der Waals surface area contributed by atoms with Gasteiger partial charge in [0.1, 0.15) is 5.60 Å². The highest BCUT2D eigenvalue weighted by atomic mass is 35.5. The third-order valence-corrected chi connectivity index (χ3v) is 5.77. The Labute approximate surface area is 145 Å². The second-order valence-corrected chi connectivity index (χ2v) is 9.15. The van der Waals surface area contributed by atoms with Crippen molar-refractivity contribution in [3.8, 4) is 0 Å². The summed E-state index contributed by atoms with van der Waals surface area (Å²) in [5.41, 5.74) is -0.439. The van der Waals surface area contributed by atoms with E-state index in [4.69, 9.17) is 16.3 Å². The molecular formula is C15H23ClN2O2S2. The van der Waals surface area contributed by atoms with E-state index in [9.17, 15) is 4.79 Å². The van der Waals surface area contributed by atoms with Crippen molar-refractivity contribution in [2.45, 2.75) is 57.4 Å². The number of rotatable bonds is 4. The summed E-state index contributed by atoms with van der Waals surface area (Å²) in [5, 5.41) is 0. The SMILES string of the molecule is CC(C)(C)OC(=O)N1CCCC[C@@H]1CSCc1cnc(Cl)s1. The predicted molar refractivity (Wildman–Crippen MR) is 93.9 cm³/mol. The van der Waals surface area contributed by atoms with E-state index >= 15 is 0 Å². The molecule has 1 amide bonds. The number of halogens is 1. The molecule has 1 aromatic heterocycles. The van der Waals surface area contributed by atoms with Crippen molar-refractivity contribution in [1.29, 1.82) is 0 Å². The maximum absolute atomic E-state index is 12.3. The van der Waals surface area contributed by atoms with Crippen LogP contribution in [0.3, 0.4) is 0 Å². The summed E-state index contributed by atoms with van der Waals surface area (Å²) in [6, 6.07) is 0.261. The Morgan fingerprint density at radius 2 is 2.32 bits per heavy atom. The normalized spacial score (nSPS) is 19.3. The first-order valence-electron chi connectivity index (χ1n) is 7.53. The molecule has 0 radical (unpaired) electrons. The molecule has 0 bridgehead atoms. The number of hydrogen-bond acceptors (Lipinski definition) is 5. The standard InChI is InChI=1S/C15H23ClN2O2S2/c1-15(2,3)20-14(19)18-7-5-4-6-11(18)9-21-10-12-8-17-13(16)22-12/h8,11H,4-7,9-10H2,1-3H3/t11-/m1/s1. The summed E-state index contributed by atoms with van der Waals surface area (Å²) in [6.45, 7) is 6.52. The van der Waals surface area contributed by atoms with E-state index in [0.717, 1.165) is 30.9 Å². The van der Waals surface area contributed by atoms with Crippen molar-refractivity contribution in [1.82, 2.24) is 9.88 Å². The molecule has 124 valence electrons. The van der Waals surface area contributed by atoms with Crippen molar-refractivity contribution in [3.63, 3.8) is 0 Å². The molecule has 0 spiro atoms. The van der Waals surface area contributed by atoms with E-state index in [1.165, 1.54) is 22.6 Å². The van der Waals surface area contributed by atoms with Gasteiger partial charge in [-0.1, -0.05) is 11.6 Å². The Morgan fingerprint density at radius 1 is 1.55 bits per heavy atom. The Bertz CT molecular complexity index is 502. The van der Waals surface area contributed by atoms with E-state index in [0.29, 0.717) is 4.47 Å². The molecule has 1 saturated heterocycles. The molecule has 2 heterocycles. The van der Waals surface area contributed by atoms with Gasteiger partial charge in [-0.2, -0.15) is 11.8 Å². The highest BCUT2D eigenvalue weighted by Crippen LogP contribution is 2.27. The van der Waals surface area contributed by atoms with Crippen LogP contribution in [0.1, 0.15) is 44.9 Å². The Kier molecular flexibility index (Phi) is 6.41. The molecule has 0 saturated carbocycles. The van der Waals surface area contributed by atoms with Gasteiger partial charge < -0.3 is 9.64 Å². The summed E-state index contributed by atoms with van der Waals surface area (Å²) < 4.78 is 6.11. The van der Waals surface area contributed by atoms with Crippen LogP contribution in [0.2, 0.25) is 4.47 Å². The lowest BCUT2D eigenvalue weighted by Gasteiger charge is -2.36. The van der Waals surface area contributed by atoms with Gasteiger partial charge >= 0.3 is 6.09 Å². The number of likely N-dealkylation sites (tertiary alicyclic amines) is 1. The molecule has 1 fully saturated rings. The van der Waals surface area contributed by atoms with Crippen molar-refractivity contribution >= 4 is 40.8 Å². The molecule has 1 atom stereocenters. The number of amides is 1. The minimum Gasteiger partial charge on any atom is -0.444 e. The number of carbonyl (C=O) groups excluding carboxylic acids is 1. The van der Waals surface area contributed by atoms with Crippen LogP contribution in [0.25, 0.3) is 0 Å². The predicted octanol–water partition coefficient (Wildman–Crippen LogP) is 4.82. The molecule has 0 N–H and O–H groups in total. The molecule has 1 aliphatic heterocycles. The average molecular weight is 363 g/mol. The van der Waals surface area contributed by atoms with Crippen LogP contribution in [0, 0.1) is 0 Å². The molecule has 0 aliphatic carbocycles. The second-order valence-electron chi connectivity index (χ2n) is 6.42. The number of ether oxygens (including phenoxy) is 1. The minimum atomic E-state index is -0.439. The van der Waals surface area contributed by atoms with Crippen molar-refractivity contribution in [2.75, 3.05) is 12.3 Å². The number of aromatic nitrogens is 1. The molecule has 7 heteroatoms. The fourth-order valence-corrected chi connectivity index (χ4v) is 4.65. The van der Waals surface area contributed by atoms with Gasteiger partial charge in [-0.05, 0) is 40.0 Å². The lowest BCUT2D eigenvalue weighted by atomic mass is 10.0. The van der Waals surface area contributed by atoms with E-state index in [-0.39, 0.29) is 12.1 Å². The second kappa shape index (κ2) is 7.88. The van der Waals surface area contributed by atoms with Gasteiger partial charge in [0, 0.05) is 35.2 Å². The number of carbonyl (C=O) groups is 1. The first-order valence-corrected chi connectivity index (χ1v) is 9.87. The maximum Gasteiger partial charge on any atom is 0.410 e. The quantitative estimate of drug-likeness (QED) is 0.770. The first kappa shape index (κ1) is 17.9. The van der Waals surface area contributed by atoms with Crippen LogP contribution in [0.15, 0.2) is 6.20 Å². The molecule has 2 rings (SSSR count). The summed E-state index contributed by atoms with van der Waals surface area (Å²) in [6.07, 6.45) is 4.93. The molecule has 0 unspecified atom stereocenters. The molecular weight excluding hydrogens is 340 g/mol. The lowest BCUT2D eigenvalue weighted by molar-refractivity contribution is 0.0126. The largest absolute Gasteiger partial charge is 0.444 e. The third-order valence-electron chi connectivity index (χ3n) is 3.34. The monoisotopic (exact) mass is 362 g/mol. The lowest BCUT2D eigenvalue weighted by Crippen LogP contribution is -2.47. The van der Waals surface area contributed by atoms with Crippen LogP contribution < -0.4 is 0 Å². The summed E-state index contributed by atoms with van der Waals surface area (Å²) in [4.78, 5) is 19.5. The van der Waals surface area contributed by atoms with Gasteiger partial charge in [0.15, 0.2) is 4.47 Å². The zero-order valence-corrected chi connectivity index (χ0v) is 15.7. The Hall–Kier alpha value is -0.460. The number of thiazole rings is 1. The minimum absolute atomic E-state index is 0.182. The molecule has 22 heavy (non-hydrogen) atoms. The van der Waals surface area contributed by atoms with Crippen molar-refractivity contribution in [2.24, 2.45) is 0 Å². The summed E-state index contributed by atoms with van der Waals surface area (Å²) in [5.74, 6) is 1.82. The maximum atomic E-state index is 12.3. The van der Waals surface area contributed by atoms with Gasteiger partial charge in [-0.15, -0.1) is 11.3 Å². The molecule has 4 nitrogen and oxygen atoms in total. The summed E-state index contributed by atoms with van der Waals surface area (Å²) >= 11 is 9.19. The zero-order valence-electron chi connectivity index (χ0n) is 13.3. The van der Waals surface area contributed by atoms with Gasteiger partial charge in [0.05, 0.1) is 0 Å². The van der Waals surface area contributed by atoms with Crippen LogP contribution in [-0.4, -0.2) is 39.9 Å². The smallest absolute Gasteiger partial charge is 0.410 e. The van der Waals surface area contributed by atoms with E-state index in [1.54, 1.807) is 0 Å². The first-order chi connectivity index (χ1) is 10.3. The third kappa shape index (κ3) is 5.63. The number of thioether (sulfide) groups is 1. The van der Waals surface area contributed by atoms with Crippen LogP contribution in [0.5, 0.6) is 0 Å². The average Bonchev–Trinajstić information content (AvgIpc) is 2.83. The zero-order chi connectivity index (χ0) is 16.2. The van der Waals surface area contributed by atoms with Gasteiger partial charge in [0.25, 0.3) is 0 Å². The molecule has 1 aliphatic rings. The van der Waals surface area contributed by atoms with Crippen molar-refractivity contribution < 1.29 is 9.53 Å². The highest BCUT2D eigenvalue weighted by Gasteiger charge is 2.30.